The van der Waals surface area contributed by atoms with Crippen LogP contribution in [0.1, 0.15) is 48.0 Å². The predicted molar refractivity (Wildman–Crippen MR) is 218 cm³/mol. The highest BCUT2D eigenvalue weighted by Crippen LogP contribution is 2.44. The van der Waals surface area contributed by atoms with Crippen LogP contribution in [0.4, 0.5) is 10.5 Å². The van der Waals surface area contributed by atoms with Gasteiger partial charge in [-0.3, -0.25) is 9.59 Å². The molecule has 0 spiro atoms. The summed E-state index contributed by atoms with van der Waals surface area (Å²) in [5.41, 5.74) is 6.22. The number of oxazole rings is 1. The zero-order valence-corrected chi connectivity index (χ0v) is 32.4. The van der Waals surface area contributed by atoms with Gasteiger partial charge >= 0.3 is 6.09 Å². The Balaban J connectivity index is 0.992. The molecule has 0 aliphatic carbocycles. The van der Waals surface area contributed by atoms with E-state index in [4.69, 9.17) is 23.6 Å². The monoisotopic (exact) mass is 795 g/mol. The second-order valence-corrected chi connectivity index (χ2v) is 15.1. The van der Waals surface area contributed by atoms with Crippen LogP contribution in [-0.2, 0) is 37.0 Å². The lowest BCUT2D eigenvalue weighted by Crippen LogP contribution is -2.42. The Morgan fingerprint density at radius 3 is 2.12 bits per heavy atom. The molecule has 11 nitrogen and oxygen atoms in total. The van der Waals surface area contributed by atoms with Crippen LogP contribution in [0.25, 0.3) is 22.6 Å². The number of aliphatic hydroxyl groups is 1. The van der Waals surface area contributed by atoms with E-state index in [1.165, 1.54) is 11.8 Å². The Labute approximate surface area is 340 Å². The number of rotatable bonds is 12. The van der Waals surface area contributed by atoms with Crippen molar-refractivity contribution in [2.75, 3.05) is 10.7 Å². The van der Waals surface area contributed by atoms with Gasteiger partial charge in [-0.25, -0.2) is 14.7 Å². The summed E-state index contributed by atoms with van der Waals surface area (Å²) in [4.78, 5) is 44.9. The normalized spacial score (nSPS) is 20.6. The maximum atomic E-state index is 13.4. The third kappa shape index (κ3) is 8.60. The van der Waals surface area contributed by atoms with Crippen molar-refractivity contribution >= 4 is 35.4 Å². The van der Waals surface area contributed by atoms with Crippen molar-refractivity contribution in [1.82, 2.24) is 10.3 Å². The van der Waals surface area contributed by atoms with Gasteiger partial charge in [0.25, 0.3) is 11.1 Å². The maximum Gasteiger partial charge on any atom is 0.408 e. The highest BCUT2D eigenvalue weighted by Gasteiger charge is 2.42. The smallest absolute Gasteiger partial charge is 0.408 e. The number of anilines is 1. The summed E-state index contributed by atoms with van der Waals surface area (Å²) >= 11 is 1.47. The van der Waals surface area contributed by atoms with Gasteiger partial charge in [0, 0.05) is 28.4 Å². The van der Waals surface area contributed by atoms with Gasteiger partial charge in [0.2, 0.25) is 5.91 Å². The lowest BCUT2D eigenvalue weighted by molar-refractivity contribution is -0.268. The van der Waals surface area contributed by atoms with Crippen LogP contribution in [0.3, 0.4) is 0 Å². The molecule has 6 aromatic rings. The molecule has 2 saturated heterocycles. The topological polar surface area (TPSA) is 140 Å². The van der Waals surface area contributed by atoms with Gasteiger partial charge in [-0.1, -0.05) is 146 Å². The van der Waals surface area contributed by atoms with Crippen LogP contribution in [0.15, 0.2) is 149 Å². The second kappa shape index (κ2) is 17.6. The Morgan fingerprint density at radius 2 is 1.45 bits per heavy atom. The van der Waals surface area contributed by atoms with Crippen molar-refractivity contribution in [2.45, 2.75) is 56.3 Å². The van der Waals surface area contributed by atoms with Crippen molar-refractivity contribution in [3.8, 4) is 22.6 Å². The summed E-state index contributed by atoms with van der Waals surface area (Å²) < 4.78 is 25.0. The number of aliphatic hydroxyl groups excluding tert-OH is 1. The van der Waals surface area contributed by atoms with Crippen molar-refractivity contribution in [3.05, 3.63) is 162 Å². The fourth-order valence-corrected chi connectivity index (χ4v) is 8.09. The first-order valence-corrected chi connectivity index (χ1v) is 20.0. The molecule has 5 aromatic carbocycles. The van der Waals surface area contributed by atoms with E-state index >= 15 is 0 Å². The van der Waals surface area contributed by atoms with Crippen molar-refractivity contribution in [2.24, 2.45) is 5.92 Å². The number of benzene rings is 5. The average Bonchev–Trinajstić information content (AvgIpc) is 3.83. The molecule has 0 saturated carbocycles. The third-order valence-electron chi connectivity index (χ3n) is 10.3. The zero-order chi connectivity index (χ0) is 40.0. The molecule has 58 heavy (non-hydrogen) atoms. The molecule has 0 bridgehead atoms. The summed E-state index contributed by atoms with van der Waals surface area (Å²) in [5.74, 6) is 0.117. The fraction of sp³-hybridized carbons (Fsp3) is 0.217. The van der Waals surface area contributed by atoms with E-state index in [0.29, 0.717) is 28.0 Å². The quantitative estimate of drug-likeness (QED) is 0.0914. The summed E-state index contributed by atoms with van der Waals surface area (Å²) in [7, 11) is 0. The van der Waals surface area contributed by atoms with E-state index in [2.05, 4.69) is 12.2 Å². The van der Waals surface area contributed by atoms with Gasteiger partial charge in [-0.15, -0.1) is 0 Å². The van der Waals surface area contributed by atoms with Gasteiger partial charge in [0.1, 0.15) is 18.3 Å². The van der Waals surface area contributed by atoms with E-state index in [0.717, 1.165) is 38.4 Å². The Bertz CT molecular complexity index is 2280. The number of imide groups is 1. The molecule has 0 radical (unpaired) electrons. The first-order valence-electron chi connectivity index (χ1n) is 19.0. The predicted octanol–water partition coefficient (Wildman–Crippen LogP) is 8.64. The zero-order valence-electron chi connectivity index (χ0n) is 31.6. The minimum Gasteiger partial charge on any atom is -0.445 e. The fourth-order valence-electron chi connectivity index (χ4n) is 7.11. The molecule has 5 atom stereocenters. The van der Waals surface area contributed by atoms with Gasteiger partial charge in [-0.2, -0.15) is 0 Å². The van der Waals surface area contributed by atoms with Crippen molar-refractivity contribution < 1.29 is 38.1 Å². The van der Waals surface area contributed by atoms with Crippen molar-refractivity contribution in [1.29, 1.82) is 0 Å². The van der Waals surface area contributed by atoms with E-state index < -0.39 is 30.2 Å². The number of carbonyl (C=O) groups excluding carboxylic acids is 3. The molecule has 3 heterocycles. The molecule has 294 valence electrons. The first-order chi connectivity index (χ1) is 28.3. The number of thioether (sulfide) groups is 1. The lowest BCUT2D eigenvalue weighted by atomic mass is 9.91. The second-order valence-electron chi connectivity index (χ2n) is 14.1. The molecule has 2 aliphatic rings. The molecule has 3 amide bonds. The van der Waals surface area contributed by atoms with E-state index in [1.54, 1.807) is 24.3 Å². The van der Waals surface area contributed by atoms with E-state index in [-0.39, 0.29) is 37.8 Å². The molecule has 12 heteroatoms. The lowest BCUT2D eigenvalue weighted by Gasteiger charge is -2.41. The van der Waals surface area contributed by atoms with E-state index in [1.807, 2.05) is 115 Å². The Hall–Kier alpha value is -6.05. The first kappa shape index (κ1) is 38.8. The van der Waals surface area contributed by atoms with Crippen LogP contribution < -0.4 is 10.2 Å². The summed E-state index contributed by atoms with van der Waals surface area (Å²) in [6.07, 6.45) is -2.43. The summed E-state index contributed by atoms with van der Waals surface area (Å²) in [6.45, 7) is 2.05. The number of amides is 3. The van der Waals surface area contributed by atoms with E-state index in [9.17, 15) is 19.5 Å². The molecule has 2 aliphatic heterocycles. The minimum absolute atomic E-state index is 0.0370. The number of carbonyl (C=O) groups is 3. The standard InChI is InChI=1S/C46H41N3O8S/c1-29-38(28-58-46-48-40(32-13-7-3-8-14-32)42(57-46)33-15-9-4-10-16-33)55-44(56-41(29)34-19-17-30(26-50)18-20-34)35-21-23-36(24-22-35)49-39(51)25-37(43(49)52)47-45(53)54-27-31-11-5-2-6-12-31/h2-24,29,37-38,41,44,50H,25-28H2,1H3,(H,47,53)/t29-,37?,38+,41+,44+/m0/s1. The highest BCUT2D eigenvalue weighted by atomic mass is 32.2. The number of aromatic nitrogens is 1. The molecule has 1 unspecified atom stereocenters. The summed E-state index contributed by atoms with van der Waals surface area (Å²) in [6, 6.07) is 42.6. The number of hydrogen-bond donors (Lipinski definition) is 2. The third-order valence-corrected chi connectivity index (χ3v) is 11.2. The van der Waals surface area contributed by atoms with Gasteiger partial charge < -0.3 is 29.1 Å². The van der Waals surface area contributed by atoms with Crippen LogP contribution >= 0.6 is 11.8 Å². The van der Waals surface area contributed by atoms with Gasteiger partial charge in [0.05, 0.1) is 30.9 Å². The van der Waals surface area contributed by atoms with Gasteiger partial charge in [0.15, 0.2) is 12.1 Å². The molecule has 2 fully saturated rings. The molecular formula is C46H41N3O8S. The maximum absolute atomic E-state index is 13.4. The Morgan fingerprint density at radius 1 is 0.810 bits per heavy atom. The molecular weight excluding hydrogens is 755 g/mol. The van der Waals surface area contributed by atoms with Gasteiger partial charge in [-0.05, 0) is 28.8 Å². The average molecular weight is 796 g/mol. The van der Waals surface area contributed by atoms with Crippen LogP contribution in [0.2, 0.25) is 0 Å². The molecule has 2 N–H and O–H groups in total. The Kier molecular flexibility index (Phi) is 11.8. The number of nitrogens with zero attached hydrogens (tertiary/aromatic N) is 2. The SMILES string of the molecule is C[C@H]1[C@@H](CSc2nc(-c3ccccc3)c(-c3ccccc3)o2)O[C@@H](c2ccc(N3C(=O)CC(NC(=O)OCc4ccccc4)C3=O)cc2)O[C@H]1c1ccc(CO)cc1. The summed E-state index contributed by atoms with van der Waals surface area (Å²) in [5, 5.41) is 12.7. The van der Waals surface area contributed by atoms with Crippen LogP contribution in [0, 0.1) is 5.92 Å². The van der Waals surface area contributed by atoms with Crippen molar-refractivity contribution in [3.63, 3.8) is 0 Å². The number of alkyl carbamates (subject to hydrolysis) is 1. The highest BCUT2D eigenvalue weighted by molar-refractivity contribution is 7.99. The molecule has 1 aromatic heterocycles. The largest absolute Gasteiger partial charge is 0.445 e. The number of hydrogen-bond acceptors (Lipinski definition) is 10. The number of ether oxygens (including phenoxy) is 3. The minimum atomic E-state index is -1.05. The molecule has 8 rings (SSSR count). The van der Waals surface area contributed by atoms with Crippen LogP contribution in [0.5, 0.6) is 0 Å². The number of nitrogens with one attached hydrogen (secondary N) is 1. The van der Waals surface area contributed by atoms with Crippen LogP contribution in [-0.4, -0.2) is 45.9 Å².